The molecule has 2 N–H and O–H groups in total. The van der Waals surface area contributed by atoms with E-state index in [-0.39, 0.29) is 45.9 Å². The maximum Gasteiger partial charge on any atom is 0.335 e. The standard InChI is InChI=1S/C34H33ClF3N5O5/c1-19(2)42(30(46)17-43-28-11-8-21(33(47)48)14-25(28)32(40-43)20(3)44)16-29(45)39-27-7-4-6-24(31(27)36)23-10-9-22(15-26(23)35)41-13-5-12-34(37,38)18-41/h4,6-11,14-15,19H,5,12-13,16-18H2,1-3H3,(H,39,45)(H,47,48). The van der Waals surface area contributed by atoms with Gasteiger partial charge in [-0.15, -0.1) is 0 Å². The summed E-state index contributed by atoms with van der Waals surface area (Å²) in [7, 11) is 0. The number of alkyl halides is 2. The minimum Gasteiger partial charge on any atom is -0.478 e. The lowest BCUT2D eigenvalue weighted by Gasteiger charge is -2.34. The number of amides is 2. The second-order valence-corrected chi connectivity index (χ2v) is 12.4. The maximum absolute atomic E-state index is 15.8. The normalized spacial score (nSPS) is 14.3. The number of aromatic carboxylic acids is 1. The van der Waals surface area contributed by atoms with Gasteiger partial charge in [0.1, 0.15) is 18.8 Å². The molecule has 1 fully saturated rings. The van der Waals surface area contributed by atoms with E-state index in [0.717, 1.165) is 0 Å². The quantitative estimate of drug-likeness (QED) is 0.183. The number of Topliss-reactive ketones (excluding diaryl/α,β-unsaturated/α-hetero) is 1. The molecule has 0 aliphatic carbocycles. The third-order valence-electron chi connectivity index (χ3n) is 8.15. The Morgan fingerprint density at radius 1 is 1.08 bits per heavy atom. The van der Waals surface area contributed by atoms with Crippen LogP contribution in [0.15, 0.2) is 54.6 Å². The van der Waals surface area contributed by atoms with Crippen LogP contribution in [0.1, 0.15) is 54.5 Å². The summed E-state index contributed by atoms with van der Waals surface area (Å²) in [6.45, 7) is 3.91. The van der Waals surface area contributed by atoms with Crippen LogP contribution in [0.4, 0.5) is 24.5 Å². The molecule has 0 spiro atoms. The van der Waals surface area contributed by atoms with E-state index in [1.54, 1.807) is 30.9 Å². The Labute approximate surface area is 279 Å². The van der Waals surface area contributed by atoms with Crippen LogP contribution in [0, 0.1) is 5.82 Å². The molecule has 4 aromatic rings. The summed E-state index contributed by atoms with van der Waals surface area (Å²) in [6.07, 6.45) is 0.154. The first-order valence-electron chi connectivity index (χ1n) is 15.2. The van der Waals surface area contributed by atoms with E-state index in [2.05, 4.69) is 10.4 Å². The van der Waals surface area contributed by atoms with Crippen molar-refractivity contribution in [3.63, 3.8) is 0 Å². The third-order valence-corrected chi connectivity index (χ3v) is 8.46. The molecule has 3 aromatic carbocycles. The first-order chi connectivity index (χ1) is 22.6. The first-order valence-corrected chi connectivity index (χ1v) is 15.6. The van der Waals surface area contributed by atoms with Crippen LogP contribution >= 0.6 is 11.6 Å². The number of carboxylic acids is 1. The van der Waals surface area contributed by atoms with Crippen molar-refractivity contribution in [3.05, 3.63) is 76.7 Å². The van der Waals surface area contributed by atoms with Crippen LogP contribution in [0.5, 0.6) is 0 Å². The van der Waals surface area contributed by atoms with Crippen LogP contribution in [-0.2, 0) is 16.1 Å². The van der Waals surface area contributed by atoms with Crippen molar-refractivity contribution < 1.29 is 37.5 Å². The fourth-order valence-corrected chi connectivity index (χ4v) is 6.03. The Morgan fingerprint density at radius 2 is 1.83 bits per heavy atom. The van der Waals surface area contributed by atoms with Crippen LogP contribution < -0.4 is 10.2 Å². The molecule has 1 aromatic heterocycles. The van der Waals surface area contributed by atoms with Gasteiger partial charge < -0.3 is 20.2 Å². The molecule has 5 rings (SSSR count). The largest absolute Gasteiger partial charge is 0.478 e. The van der Waals surface area contributed by atoms with Crippen LogP contribution in [-0.4, -0.2) is 75.0 Å². The van der Waals surface area contributed by atoms with Crippen molar-refractivity contribution in [2.24, 2.45) is 0 Å². The number of carbonyl (C=O) groups excluding carboxylic acids is 3. The van der Waals surface area contributed by atoms with Crippen LogP contribution in [0.2, 0.25) is 5.02 Å². The van der Waals surface area contributed by atoms with E-state index < -0.39 is 54.4 Å². The van der Waals surface area contributed by atoms with Gasteiger partial charge in [-0.3, -0.25) is 19.1 Å². The molecule has 1 aliphatic rings. The predicted octanol–water partition coefficient (Wildman–Crippen LogP) is 6.51. The molecule has 0 bridgehead atoms. The van der Waals surface area contributed by atoms with Gasteiger partial charge in [0.15, 0.2) is 11.6 Å². The monoisotopic (exact) mass is 683 g/mol. The molecular formula is C34H33ClF3N5O5. The minimum absolute atomic E-state index is 0.00730. The highest BCUT2D eigenvalue weighted by atomic mass is 35.5. The molecule has 48 heavy (non-hydrogen) atoms. The number of benzene rings is 3. The minimum atomic E-state index is -2.81. The number of hydrogen-bond donors (Lipinski definition) is 2. The predicted molar refractivity (Wildman–Crippen MR) is 175 cm³/mol. The van der Waals surface area contributed by atoms with Crippen LogP contribution in [0.3, 0.4) is 0 Å². The Morgan fingerprint density at radius 3 is 2.48 bits per heavy atom. The van der Waals surface area contributed by atoms with Gasteiger partial charge in [0.05, 0.1) is 28.3 Å². The number of halogens is 4. The lowest BCUT2D eigenvalue weighted by molar-refractivity contribution is -0.137. The molecule has 1 aliphatic heterocycles. The second kappa shape index (κ2) is 13.7. The highest BCUT2D eigenvalue weighted by Crippen LogP contribution is 2.37. The summed E-state index contributed by atoms with van der Waals surface area (Å²) >= 11 is 6.50. The summed E-state index contributed by atoms with van der Waals surface area (Å²) in [5.74, 6) is -6.37. The Kier molecular flexibility index (Phi) is 9.81. The summed E-state index contributed by atoms with van der Waals surface area (Å²) in [6, 6.07) is 12.7. The van der Waals surface area contributed by atoms with Gasteiger partial charge in [-0.05, 0) is 56.7 Å². The Bertz CT molecular complexity index is 1930. The van der Waals surface area contributed by atoms with Gasteiger partial charge in [0.25, 0.3) is 5.92 Å². The Balaban J connectivity index is 1.32. The number of carboxylic acid groups (broad SMARTS) is 1. The van der Waals surface area contributed by atoms with E-state index >= 15 is 4.39 Å². The van der Waals surface area contributed by atoms with E-state index in [4.69, 9.17) is 11.6 Å². The number of aromatic nitrogens is 2. The molecule has 1 saturated heterocycles. The molecule has 0 saturated carbocycles. The number of hydrogen-bond acceptors (Lipinski definition) is 6. The van der Waals surface area contributed by atoms with Crippen LogP contribution in [0.25, 0.3) is 22.0 Å². The molecule has 10 nitrogen and oxygen atoms in total. The summed E-state index contributed by atoms with van der Waals surface area (Å²) in [5.41, 5.74) is 1.07. The SMILES string of the molecule is CC(=O)c1nn(CC(=O)N(CC(=O)Nc2cccc(-c3ccc(N4CCCC(F)(F)C4)cc3Cl)c2F)C(C)C)c2ccc(C(=O)O)cc12. The third kappa shape index (κ3) is 7.30. The summed E-state index contributed by atoms with van der Waals surface area (Å²) in [5, 5.41) is 16.5. The van der Waals surface area contributed by atoms with Crippen molar-refractivity contribution in [1.29, 1.82) is 0 Å². The summed E-state index contributed by atoms with van der Waals surface area (Å²) in [4.78, 5) is 53.1. The average Bonchev–Trinajstić information content (AvgIpc) is 3.38. The molecular weight excluding hydrogens is 651 g/mol. The molecule has 2 heterocycles. The zero-order valence-electron chi connectivity index (χ0n) is 26.4. The second-order valence-electron chi connectivity index (χ2n) is 12.0. The summed E-state index contributed by atoms with van der Waals surface area (Å²) < 4.78 is 44.9. The highest BCUT2D eigenvalue weighted by molar-refractivity contribution is 6.33. The molecule has 2 amide bonds. The van der Waals surface area contributed by atoms with E-state index in [0.29, 0.717) is 29.7 Å². The van der Waals surface area contributed by atoms with E-state index in [9.17, 15) is 33.1 Å². The number of rotatable bonds is 10. The Hall–Kier alpha value is -4.91. The number of fused-ring (bicyclic) bond motifs is 1. The van der Waals surface area contributed by atoms with Gasteiger partial charge in [-0.1, -0.05) is 29.8 Å². The number of carbonyl (C=O) groups is 4. The average molecular weight is 684 g/mol. The number of piperidine rings is 1. The van der Waals surface area contributed by atoms with Gasteiger partial charge in [0.2, 0.25) is 11.8 Å². The number of ketones is 1. The van der Waals surface area contributed by atoms with Gasteiger partial charge >= 0.3 is 5.97 Å². The number of nitrogens with one attached hydrogen (secondary N) is 1. The fraction of sp³-hybridized carbons (Fsp3) is 0.324. The fourth-order valence-electron chi connectivity index (χ4n) is 5.76. The first kappa shape index (κ1) is 34.4. The molecule has 0 unspecified atom stereocenters. The number of anilines is 2. The van der Waals surface area contributed by atoms with Crippen molar-refractivity contribution in [2.75, 3.05) is 29.9 Å². The highest BCUT2D eigenvalue weighted by Gasteiger charge is 2.35. The maximum atomic E-state index is 15.8. The molecule has 252 valence electrons. The zero-order chi connectivity index (χ0) is 34.9. The van der Waals surface area contributed by atoms with Crippen molar-refractivity contribution >= 4 is 57.4 Å². The van der Waals surface area contributed by atoms with Crippen molar-refractivity contribution in [1.82, 2.24) is 14.7 Å². The molecule has 0 radical (unpaired) electrons. The van der Waals surface area contributed by atoms with E-state index in [1.165, 1.54) is 59.0 Å². The number of nitrogens with zero attached hydrogens (tertiary/aromatic N) is 4. The van der Waals surface area contributed by atoms with Crippen molar-refractivity contribution in [2.45, 2.75) is 52.1 Å². The zero-order valence-corrected chi connectivity index (χ0v) is 27.2. The lowest BCUT2D eigenvalue weighted by atomic mass is 10.0. The lowest BCUT2D eigenvalue weighted by Crippen LogP contribution is -2.44. The molecule has 0 atom stereocenters. The smallest absolute Gasteiger partial charge is 0.335 e. The topological polar surface area (TPSA) is 125 Å². The van der Waals surface area contributed by atoms with E-state index in [1.807, 2.05) is 0 Å². The molecule has 14 heteroatoms. The van der Waals surface area contributed by atoms with Gasteiger partial charge in [-0.2, -0.15) is 5.10 Å². The van der Waals surface area contributed by atoms with Crippen molar-refractivity contribution in [3.8, 4) is 11.1 Å². The van der Waals surface area contributed by atoms with Gasteiger partial charge in [-0.25, -0.2) is 18.0 Å². The van der Waals surface area contributed by atoms with Gasteiger partial charge in [0, 0.05) is 48.1 Å².